The quantitative estimate of drug-likeness (QED) is 0.463. The second-order valence-electron chi connectivity index (χ2n) is 9.74. The molecule has 1 atom stereocenters. The van der Waals surface area contributed by atoms with Gasteiger partial charge in [-0.15, -0.1) is 0 Å². The fourth-order valence-corrected chi connectivity index (χ4v) is 7.34. The summed E-state index contributed by atoms with van der Waals surface area (Å²) >= 11 is 0. The Morgan fingerprint density at radius 3 is 2.68 bits per heavy atom. The smallest absolute Gasteiger partial charge is 0.248 e. The Morgan fingerprint density at radius 2 is 2.03 bits per heavy atom. The average Bonchev–Trinajstić information content (AvgIpc) is 3.37. The highest BCUT2D eigenvalue weighted by Gasteiger charge is 2.67. The van der Waals surface area contributed by atoms with Crippen LogP contribution in [0.25, 0.3) is 11.8 Å². The predicted molar refractivity (Wildman–Crippen MR) is 135 cm³/mol. The van der Waals surface area contributed by atoms with Crippen molar-refractivity contribution < 1.29 is 22.4 Å². The zero-order valence-electron chi connectivity index (χ0n) is 20.7. The number of ether oxygens (including phenoxy) is 1. The molecule has 1 spiro atoms. The van der Waals surface area contributed by atoms with Crippen molar-refractivity contribution in [2.75, 3.05) is 6.61 Å². The van der Waals surface area contributed by atoms with E-state index >= 15 is 0 Å². The van der Waals surface area contributed by atoms with Crippen molar-refractivity contribution in [1.29, 1.82) is 0 Å². The van der Waals surface area contributed by atoms with E-state index < -0.39 is 26.4 Å². The molecule has 2 fully saturated rings. The number of imidazole rings is 1. The minimum Gasteiger partial charge on any atom is -0.492 e. The zero-order chi connectivity index (χ0) is 26.0. The molecule has 37 heavy (non-hydrogen) atoms. The van der Waals surface area contributed by atoms with Crippen molar-refractivity contribution in [3.8, 4) is 11.4 Å². The van der Waals surface area contributed by atoms with Gasteiger partial charge >= 0.3 is 0 Å². The van der Waals surface area contributed by atoms with Crippen molar-refractivity contribution in [3.63, 3.8) is 0 Å². The van der Waals surface area contributed by atoms with Crippen LogP contribution < -0.4 is 4.74 Å². The monoisotopic (exact) mass is 523 g/mol. The van der Waals surface area contributed by atoms with E-state index in [2.05, 4.69) is 15.1 Å². The molecule has 4 heterocycles. The second-order valence-corrected chi connectivity index (χ2v) is 11.9. The first kappa shape index (κ1) is 23.7. The Hall–Kier alpha value is -3.73. The summed E-state index contributed by atoms with van der Waals surface area (Å²) in [6.07, 6.45) is 8.32. The van der Waals surface area contributed by atoms with E-state index in [1.165, 1.54) is 22.6 Å². The Labute approximate surface area is 214 Å². The summed E-state index contributed by atoms with van der Waals surface area (Å²) in [6, 6.07) is 8.48. The molecule has 1 aromatic carbocycles. The maximum Gasteiger partial charge on any atom is 0.248 e. The number of aromatic nitrogens is 3. The number of pyridine rings is 1. The van der Waals surface area contributed by atoms with E-state index in [1.54, 1.807) is 13.3 Å². The van der Waals surface area contributed by atoms with Gasteiger partial charge in [0.05, 0.1) is 29.1 Å². The molecule has 3 aliphatic rings. The third-order valence-corrected chi connectivity index (χ3v) is 9.81. The van der Waals surface area contributed by atoms with Gasteiger partial charge in [0.1, 0.15) is 5.75 Å². The van der Waals surface area contributed by atoms with Crippen LogP contribution in [0.1, 0.15) is 49.9 Å². The van der Waals surface area contributed by atoms with Crippen molar-refractivity contribution >= 4 is 21.9 Å². The summed E-state index contributed by atoms with van der Waals surface area (Å²) in [6.45, 7) is 5.95. The molecule has 3 aromatic rings. The standard InChI is InChI=1S/C26H26FN5O4S/c1-4-35-22-12-18(5-7-21(22)31-15-17(2)29-16-31)11-19-13-26(9-10-26)37(33,34)32-24(19)30-36-25(32,3)20-6-8-23(27)28-14-20/h5-8,11-12,14-16H,4,9-10,13H2,1-3H3/b19-11+. The number of nitrogens with zero attached hydrogens (tertiary/aromatic N) is 5. The molecule has 0 amide bonds. The predicted octanol–water partition coefficient (Wildman–Crippen LogP) is 4.28. The number of hydrogen-bond acceptors (Lipinski definition) is 7. The van der Waals surface area contributed by atoms with Crippen LogP contribution in [0.3, 0.4) is 0 Å². The van der Waals surface area contributed by atoms with Gasteiger partial charge in [-0.2, -0.15) is 4.39 Å². The van der Waals surface area contributed by atoms with Crippen LogP contribution in [0.15, 0.2) is 59.8 Å². The lowest BCUT2D eigenvalue weighted by Gasteiger charge is -2.39. The molecule has 2 aliphatic heterocycles. The summed E-state index contributed by atoms with van der Waals surface area (Å²) < 4.78 is 49.3. The molecule has 0 N–H and O–H groups in total. The maximum atomic E-state index is 13.8. The fraction of sp³-hybridized carbons (Fsp3) is 0.346. The van der Waals surface area contributed by atoms with E-state index in [1.807, 2.05) is 48.9 Å². The molecular weight excluding hydrogens is 497 g/mol. The van der Waals surface area contributed by atoms with Crippen LogP contribution in [-0.2, 0) is 20.6 Å². The maximum absolute atomic E-state index is 13.8. The fourth-order valence-electron chi connectivity index (χ4n) is 5.02. The first-order valence-electron chi connectivity index (χ1n) is 12.1. The molecule has 6 rings (SSSR count). The molecule has 192 valence electrons. The molecule has 2 aromatic heterocycles. The minimum atomic E-state index is -3.80. The number of benzene rings is 1. The van der Waals surface area contributed by atoms with Crippen LogP contribution >= 0.6 is 0 Å². The second kappa shape index (κ2) is 8.14. The number of oxime groups is 1. The molecule has 11 heteroatoms. The third-order valence-electron chi connectivity index (χ3n) is 7.16. The number of fused-ring (bicyclic) bond motifs is 1. The SMILES string of the molecule is CCOc1cc(/C=C2\CC3(CC3)S(=O)(=O)N3C2=NOC3(C)c2ccc(F)nc2)ccc1-n1cnc(C)c1. The summed E-state index contributed by atoms with van der Waals surface area (Å²) in [7, 11) is -3.80. The van der Waals surface area contributed by atoms with Gasteiger partial charge in [-0.1, -0.05) is 11.2 Å². The van der Waals surface area contributed by atoms with Crippen LogP contribution in [0.2, 0.25) is 0 Å². The van der Waals surface area contributed by atoms with E-state index in [0.29, 0.717) is 37.2 Å². The van der Waals surface area contributed by atoms with Gasteiger partial charge in [-0.25, -0.2) is 22.7 Å². The largest absolute Gasteiger partial charge is 0.492 e. The number of hydrogen-bond donors (Lipinski definition) is 0. The highest BCUT2D eigenvalue weighted by Crippen LogP contribution is 2.57. The van der Waals surface area contributed by atoms with Crippen molar-refractivity contribution in [2.24, 2.45) is 5.16 Å². The number of amidine groups is 1. The highest BCUT2D eigenvalue weighted by atomic mass is 32.2. The summed E-state index contributed by atoms with van der Waals surface area (Å²) in [4.78, 5) is 13.8. The van der Waals surface area contributed by atoms with Gasteiger partial charge in [0.25, 0.3) is 0 Å². The van der Waals surface area contributed by atoms with E-state index in [0.717, 1.165) is 22.5 Å². The lowest BCUT2D eigenvalue weighted by atomic mass is 10.0. The molecule has 0 radical (unpaired) electrons. The number of aryl methyl sites for hydroxylation is 1. The normalized spacial score (nSPS) is 24.1. The zero-order valence-corrected chi connectivity index (χ0v) is 21.5. The molecule has 1 unspecified atom stereocenters. The number of halogens is 1. The molecule has 1 saturated heterocycles. The van der Waals surface area contributed by atoms with Crippen molar-refractivity contribution in [3.05, 3.63) is 77.4 Å². The molecular formula is C26H26FN5O4S. The Bertz CT molecular complexity index is 1560. The molecule has 1 saturated carbocycles. The first-order valence-corrected chi connectivity index (χ1v) is 13.5. The third kappa shape index (κ3) is 3.63. The van der Waals surface area contributed by atoms with Crippen LogP contribution in [0.5, 0.6) is 5.75 Å². The molecule has 0 bridgehead atoms. The van der Waals surface area contributed by atoms with Crippen LogP contribution in [0, 0.1) is 12.9 Å². The van der Waals surface area contributed by atoms with Crippen LogP contribution in [-0.4, -0.2) is 44.4 Å². The van der Waals surface area contributed by atoms with Gasteiger partial charge in [0.15, 0.2) is 5.84 Å². The molecule has 1 aliphatic carbocycles. The van der Waals surface area contributed by atoms with Gasteiger partial charge in [0.2, 0.25) is 21.7 Å². The van der Waals surface area contributed by atoms with E-state index in [9.17, 15) is 12.8 Å². The average molecular weight is 524 g/mol. The Balaban J connectivity index is 1.43. The van der Waals surface area contributed by atoms with E-state index in [4.69, 9.17) is 9.57 Å². The Kier molecular flexibility index (Phi) is 5.20. The van der Waals surface area contributed by atoms with Crippen LogP contribution in [0.4, 0.5) is 4.39 Å². The van der Waals surface area contributed by atoms with Crippen molar-refractivity contribution in [2.45, 2.75) is 50.5 Å². The Morgan fingerprint density at radius 1 is 1.22 bits per heavy atom. The van der Waals surface area contributed by atoms with E-state index in [-0.39, 0.29) is 5.84 Å². The van der Waals surface area contributed by atoms with Crippen molar-refractivity contribution in [1.82, 2.24) is 18.8 Å². The summed E-state index contributed by atoms with van der Waals surface area (Å²) in [5.74, 6) is 0.255. The topological polar surface area (TPSA) is 98.9 Å². The van der Waals surface area contributed by atoms with Gasteiger partial charge in [-0.05, 0) is 69.0 Å². The van der Waals surface area contributed by atoms with Gasteiger partial charge < -0.3 is 14.1 Å². The number of sulfonamides is 1. The lowest BCUT2D eigenvalue weighted by molar-refractivity contribution is -0.0615. The van der Waals surface area contributed by atoms with Gasteiger partial charge in [0, 0.05) is 30.5 Å². The minimum absolute atomic E-state index is 0.233. The summed E-state index contributed by atoms with van der Waals surface area (Å²) in [5, 5.41) is 4.23. The first-order chi connectivity index (χ1) is 17.7. The molecule has 9 nitrogen and oxygen atoms in total. The van der Waals surface area contributed by atoms with Gasteiger partial charge in [-0.3, -0.25) is 0 Å². The summed E-state index contributed by atoms with van der Waals surface area (Å²) in [5.41, 5.74) is 2.27. The number of rotatable bonds is 5. The lowest BCUT2D eigenvalue weighted by Crippen LogP contribution is -2.55. The highest BCUT2D eigenvalue weighted by molar-refractivity contribution is 7.91.